The molecule has 0 aliphatic heterocycles. The van der Waals surface area contributed by atoms with Gasteiger partial charge in [-0.05, 0) is 48.9 Å². The predicted octanol–water partition coefficient (Wildman–Crippen LogP) is 4.50. The molecule has 2 N–H and O–H groups in total. The highest BCUT2D eigenvalue weighted by molar-refractivity contribution is 6.30. The van der Waals surface area contributed by atoms with Crippen molar-refractivity contribution in [2.45, 2.75) is 51.2 Å². The molecule has 0 saturated carbocycles. The van der Waals surface area contributed by atoms with Gasteiger partial charge in [0.2, 0.25) is 11.8 Å². The van der Waals surface area contributed by atoms with Crippen LogP contribution in [0.1, 0.15) is 31.4 Å². The number of carbonyl (C=O) groups excluding carboxylic acids is 2. The number of amides is 2. The Morgan fingerprint density at radius 1 is 1.00 bits per heavy atom. The molecule has 0 bridgehead atoms. The van der Waals surface area contributed by atoms with Crippen LogP contribution in [0.25, 0.3) is 11.4 Å². The highest BCUT2D eigenvalue weighted by Gasteiger charge is 2.34. The molecule has 1 atom stereocenters. The molecule has 0 spiro atoms. The zero-order chi connectivity index (χ0) is 29.9. The summed E-state index contributed by atoms with van der Waals surface area (Å²) in [6.45, 7) is 0.718. The standard InChI is InChI=1S/C25H24ClF6N5O3/c1-15(38)34-23(2,17-4-3-5-18(12-17)25(30,31)32)14-33-20(39)13-37-22(40)36(11-10-24(27,28)29)21(35-37)16-6-8-19(26)9-7-16/h3-9,12H,10-11,13-14H2,1-2H3,(H,33,39)(H,34,38). The molecule has 3 aromatic rings. The molecule has 2 amide bonds. The number of carbonyl (C=O) groups is 2. The van der Waals surface area contributed by atoms with Crippen molar-refractivity contribution < 1.29 is 35.9 Å². The number of benzene rings is 2. The molecule has 0 fully saturated rings. The summed E-state index contributed by atoms with van der Waals surface area (Å²) in [5, 5.41) is 9.36. The summed E-state index contributed by atoms with van der Waals surface area (Å²) in [6, 6.07) is 10.0. The molecule has 1 heterocycles. The van der Waals surface area contributed by atoms with Gasteiger partial charge < -0.3 is 10.6 Å². The van der Waals surface area contributed by atoms with E-state index in [1.54, 1.807) is 0 Å². The van der Waals surface area contributed by atoms with Crippen LogP contribution in [0.5, 0.6) is 0 Å². The van der Waals surface area contributed by atoms with Gasteiger partial charge in [-0.25, -0.2) is 9.48 Å². The van der Waals surface area contributed by atoms with Gasteiger partial charge >= 0.3 is 18.0 Å². The van der Waals surface area contributed by atoms with Crippen LogP contribution in [0.15, 0.2) is 53.3 Å². The number of rotatable bonds is 9. The monoisotopic (exact) mass is 591 g/mol. The van der Waals surface area contributed by atoms with Gasteiger partial charge in [-0.3, -0.25) is 14.2 Å². The fraction of sp³-hybridized carbons (Fsp3) is 0.360. The first-order valence-electron chi connectivity index (χ1n) is 11.7. The van der Waals surface area contributed by atoms with Gasteiger partial charge in [-0.1, -0.05) is 23.7 Å². The van der Waals surface area contributed by atoms with Gasteiger partial charge in [-0.15, -0.1) is 5.10 Å². The van der Waals surface area contributed by atoms with E-state index >= 15 is 0 Å². The van der Waals surface area contributed by atoms with Crippen LogP contribution in [-0.2, 0) is 34.4 Å². The zero-order valence-electron chi connectivity index (χ0n) is 21.2. The molecular weight excluding hydrogens is 568 g/mol. The topological polar surface area (TPSA) is 98.0 Å². The fourth-order valence-electron chi connectivity index (χ4n) is 3.91. The van der Waals surface area contributed by atoms with Crippen molar-refractivity contribution in [1.29, 1.82) is 0 Å². The Balaban J connectivity index is 1.86. The Kier molecular flexibility index (Phi) is 9.02. The maximum absolute atomic E-state index is 13.2. The van der Waals surface area contributed by atoms with Crippen LogP contribution >= 0.6 is 11.6 Å². The van der Waals surface area contributed by atoms with Gasteiger partial charge in [0.05, 0.1) is 17.5 Å². The van der Waals surface area contributed by atoms with Crippen LogP contribution < -0.4 is 16.3 Å². The highest BCUT2D eigenvalue weighted by atomic mass is 35.5. The number of nitrogens with one attached hydrogen (secondary N) is 2. The molecule has 40 heavy (non-hydrogen) atoms. The van der Waals surface area contributed by atoms with Crippen molar-refractivity contribution in [3.05, 3.63) is 75.2 Å². The smallest absolute Gasteiger partial charge is 0.352 e. The van der Waals surface area contributed by atoms with E-state index in [9.17, 15) is 40.7 Å². The summed E-state index contributed by atoms with van der Waals surface area (Å²) in [7, 11) is 0. The molecule has 8 nitrogen and oxygen atoms in total. The third-order valence-electron chi connectivity index (χ3n) is 5.86. The lowest BCUT2D eigenvalue weighted by atomic mass is 9.90. The Morgan fingerprint density at radius 3 is 2.20 bits per heavy atom. The Bertz CT molecular complexity index is 1430. The average molecular weight is 592 g/mol. The van der Waals surface area contributed by atoms with Crippen LogP contribution in [0.2, 0.25) is 5.02 Å². The number of aromatic nitrogens is 3. The molecule has 0 aliphatic rings. The first-order chi connectivity index (χ1) is 18.5. The van der Waals surface area contributed by atoms with Crippen LogP contribution in [0.4, 0.5) is 26.3 Å². The van der Waals surface area contributed by atoms with E-state index in [2.05, 4.69) is 15.7 Å². The minimum absolute atomic E-state index is 0.0523. The first-order valence-corrected chi connectivity index (χ1v) is 12.1. The summed E-state index contributed by atoms with van der Waals surface area (Å²) in [4.78, 5) is 37.5. The second-order valence-corrected chi connectivity index (χ2v) is 9.59. The van der Waals surface area contributed by atoms with Gasteiger partial charge in [-0.2, -0.15) is 26.3 Å². The summed E-state index contributed by atoms with van der Waals surface area (Å²) in [5.74, 6) is -1.53. The molecule has 15 heteroatoms. The van der Waals surface area contributed by atoms with Crippen LogP contribution in [0, 0.1) is 0 Å². The SMILES string of the molecule is CC(=O)NC(C)(CNC(=O)Cn1nc(-c2ccc(Cl)cc2)n(CCC(F)(F)F)c1=O)c1cccc(C(F)(F)F)c1. The van der Waals surface area contributed by atoms with E-state index in [1.807, 2.05) is 0 Å². The molecule has 0 radical (unpaired) electrons. The fourth-order valence-corrected chi connectivity index (χ4v) is 4.04. The molecule has 0 aliphatic carbocycles. The Labute approximate surface area is 228 Å². The van der Waals surface area contributed by atoms with Gasteiger partial charge in [0.25, 0.3) is 0 Å². The van der Waals surface area contributed by atoms with E-state index in [1.165, 1.54) is 37.3 Å². The lowest BCUT2D eigenvalue weighted by molar-refractivity contribution is -0.138. The van der Waals surface area contributed by atoms with Crippen molar-refractivity contribution >= 4 is 23.4 Å². The first kappa shape index (κ1) is 30.7. The number of hydrogen-bond acceptors (Lipinski definition) is 4. The molecule has 2 aromatic carbocycles. The van der Waals surface area contributed by atoms with Crippen LogP contribution in [-0.4, -0.2) is 38.9 Å². The van der Waals surface area contributed by atoms with E-state index in [-0.39, 0.29) is 23.5 Å². The van der Waals surface area contributed by atoms with E-state index in [4.69, 9.17) is 11.6 Å². The summed E-state index contributed by atoms with van der Waals surface area (Å²) >= 11 is 5.87. The summed E-state index contributed by atoms with van der Waals surface area (Å²) in [6.07, 6.45) is -10.5. The second kappa shape index (κ2) is 11.7. The van der Waals surface area contributed by atoms with Crippen molar-refractivity contribution in [3.8, 4) is 11.4 Å². The Morgan fingerprint density at radius 2 is 1.62 bits per heavy atom. The van der Waals surface area contributed by atoms with E-state index in [0.717, 1.165) is 29.7 Å². The minimum Gasteiger partial charge on any atom is -0.352 e. The Hall–Kier alpha value is -3.81. The number of halogens is 7. The van der Waals surface area contributed by atoms with Crippen LogP contribution in [0.3, 0.4) is 0 Å². The molecule has 1 unspecified atom stereocenters. The van der Waals surface area contributed by atoms with E-state index < -0.39 is 60.5 Å². The van der Waals surface area contributed by atoms with Crippen molar-refractivity contribution in [1.82, 2.24) is 25.0 Å². The predicted molar refractivity (Wildman–Crippen MR) is 133 cm³/mol. The zero-order valence-corrected chi connectivity index (χ0v) is 21.9. The minimum atomic E-state index is -4.65. The van der Waals surface area contributed by atoms with E-state index in [0.29, 0.717) is 9.70 Å². The number of hydrogen-bond donors (Lipinski definition) is 2. The van der Waals surface area contributed by atoms with Crippen molar-refractivity contribution in [3.63, 3.8) is 0 Å². The third kappa shape index (κ3) is 7.87. The average Bonchev–Trinajstić information content (AvgIpc) is 3.15. The number of alkyl halides is 6. The van der Waals surface area contributed by atoms with Crippen molar-refractivity contribution in [2.24, 2.45) is 0 Å². The molecule has 0 saturated heterocycles. The van der Waals surface area contributed by atoms with Gasteiger partial charge in [0, 0.05) is 30.6 Å². The normalized spacial score (nSPS) is 13.5. The maximum atomic E-state index is 13.2. The number of nitrogens with zero attached hydrogens (tertiary/aromatic N) is 3. The molecule has 1 aromatic heterocycles. The van der Waals surface area contributed by atoms with Gasteiger partial charge in [0.15, 0.2) is 5.82 Å². The maximum Gasteiger partial charge on any atom is 0.416 e. The van der Waals surface area contributed by atoms with Gasteiger partial charge in [0.1, 0.15) is 6.54 Å². The quantitative estimate of drug-likeness (QED) is 0.358. The second-order valence-electron chi connectivity index (χ2n) is 9.16. The largest absolute Gasteiger partial charge is 0.416 e. The lowest BCUT2D eigenvalue weighted by Crippen LogP contribution is -2.51. The lowest BCUT2D eigenvalue weighted by Gasteiger charge is -2.32. The molecule has 3 rings (SSSR count). The summed E-state index contributed by atoms with van der Waals surface area (Å²) < 4.78 is 79.9. The molecule has 216 valence electrons. The van der Waals surface area contributed by atoms with Crippen molar-refractivity contribution in [2.75, 3.05) is 6.54 Å². The third-order valence-corrected chi connectivity index (χ3v) is 6.11. The molecular formula is C25H24ClF6N5O3. The summed E-state index contributed by atoms with van der Waals surface area (Å²) in [5.41, 5.74) is -3.08. The highest BCUT2D eigenvalue weighted by Crippen LogP contribution is 2.32.